The van der Waals surface area contributed by atoms with Gasteiger partial charge in [0.05, 0.1) is 0 Å². The smallest absolute Gasteiger partial charge is 1.00 e. The molecular weight excluding hydrogens is 623 g/mol. The van der Waals surface area contributed by atoms with Crippen LogP contribution in [-0.2, 0) is 16.6 Å². The van der Waals surface area contributed by atoms with E-state index in [1.807, 2.05) is 0 Å². The van der Waals surface area contributed by atoms with Gasteiger partial charge in [-0.05, 0) is 0 Å². The van der Waals surface area contributed by atoms with E-state index in [1.165, 1.54) is 73.6 Å². The number of halogens is 2. The van der Waals surface area contributed by atoms with E-state index in [0.29, 0.717) is 8.45 Å². The molecular formula is C42H44Cl2Ti. The van der Waals surface area contributed by atoms with Crippen LogP contribution in [0.25, 0.3) is 34.4 Å². The molecule has 0 aromatic heterocycles. The van der Waals surface area contributed by atoms with E-state index >= 15 is 0 Å². The molecule has 230 valence electrons. The van der Waals surface area contributed by atoms with E-state index in [1.54, 1.807) is 33.4 Å². The first-order valence-corrected chi connectivity index (χ1v) is 20.7. The van der Waals surface area contributed by atoms with Crippen LogP contribution in [0.5, 0.6) is 0 Å². The summed E-state index contributed by atoms with van der Waals surface area (Å²) in [5.41, 5.74) is 15.7. The molecule has 2 fully saturated rings. The van der Waals surface area contributed by atoms with Crippen molar-refractivity contribution in [3.05, 3.63) is 130 Å². The van der Waals surface area contributed by atoms with Gasteiger partial charge in [-0.25, -0.2) is 0 Å². The fourth-order valence-corrected chi connectivity index (χ4v) is 24.3. The van der Waals surface area contributed by atoms with Gasteiger partial charge in [-0.1, -0.05) is 0 Å². The Kier molecular flexibility index (Phi) is 9.71. The molecule has 1 saturated carbocycles. The van der Waals surface area contributed by atoms with Crippen molar-refractivity contribution < 1.29 is 41.4 Å². The quantitative estimate of drug-likeness (QED) is 0.188. The van der Waals surface area contributed by atoms with Crippen molar-refractivity contribution in [3.8, 4) is 22.3 Å². The van der Waals surface area contributed by atoms with E-state index < -0.39 is 16.6 Å². The largest absolute Gasteiger partial charge is 1.00 e. The summed E-state index contributed by atoms with van der Waals surface area (Å²) in [6.45, 7) is 4.80. The van der Waals surface area contributed by atoms with E-state index in [9.17, 15) is 0 Å². The standard InChI is InChI=1S/2C18H17.C6H10.2ClH.Ti/c2*1-2-7-14-12-16-10-6-11-17(18(16)13-14)15-8-4-3-5-9-15;1-2-4-6-5-3-1;;;/h2*3-6,8-13H,2,7H2,1H3;1-2H,3-6H2;2*1H;/q;;;;;+2/p-2. The predicted octanol–water partition coefficient (Wildman–Crippen LogP) is 6.52. The van der Waals surface area contributed by atoms with Gasteiger partial charge < -0.3 is 24.8 Å². The Balaban J connectivity index is 0.00000179. The van der Waals surface area contributed by atoms with Gasteiger partial charge in [-0.3, -0.25) is 0 Å². The van der Waals surface area contributed by atoms with E-state index in [0.717, 1.165) is 8.45 Å². The van der Waals surface area contributed by atoms with Gasteiger partial charge >= 0.3 is 264 Å². The maximum Gasteiger partial charge on any atom is -1.00 e. The second-order valence-corrected chi connectivity index (χ2v) is 20.9. The number of benzene rings is 4. The van der Waals surface area contributed by atoms with Crippen molar-refractivity contribution in [1.29, 1.82) is 0 Å². The van der Waals surface area contributed by atoms with Gasteiger partial charge in [0.2, 0.25) is 0 Å². The number of hydrogen-bond donors (Lipinski definition) is 0. The molecule has 4 aromatic rings. The molecule has 45 heavy (non-hydrogen) atoms. The summed E-state index contributed by atoms with van der Waals surface area (Å²) >= 11 is -2.62. The second kappa shape index (κ2) is 13.4. The van der Waals surface area contributed by atoms with Gasteiger partial charge in [-0.2, -0.15) is 0 Å². The predicted molar refractivity (Wildman–Crippen MR) is 181 cm³/mol. The molecule has 0 spiro atoms. The van der Waals surface area contributed by atoms with Crippen molar-refractivity contribution in [2.45, 2.75) is 82.1 Å². The molecule has 0 nitrogen and oxygen atoms in total. The molecule has 4 aromatic carbocycles. The minimum Gasteiger partial charge on any atom is -1.00 e. The molecule has 0 radical (unpaired) electrons. The molecule has 1 aliphatic heterocycles. The van der Waals surface area contributed by atoms with Crippen molar-refractivity contribution >= 4 is 12.2 Å². The number of rotatable bonds is 8. The fraction of sp³-hybridized carbons (Fsp3) is 0.333. The topological polar surface area (TPSA) is 0 Å². The van der Waals surface area contributed by atoms with Gasteiger partial charge in [0.25, 0.3) is 0 Å². The summed E-state index contributed by atoms with van der Waals surface area (Å²) < 4.78 is 3.40. The first kappa shape index (κ1) is 32.6. The van der Waals surface area contributed by atoms with Gasteiger partial charge in [-0.15, -0.1) is 0 Å². The summed E-state index contributed by atoms with van der Waals surface area (Å²) in [4.78, 5) is 0. The maximum atomic E-state index is 2.70. The molecule has 3 aliphatic carbocycles. The minimum absolute atomic E-state index is 0. The van der Waals surface area contributed by atoms with E-state index in [4.69, 9.17) is 0 Å². The van der Waals surface area contributed by atoms with Crippen molar-refractivity contribution in [2.24, 2.45) is 0 Å². The van der Waals surface area contributed by atoms with Crippen LogP contribution in [0, 0.1) is 0 Å². The first-order valence-electron chi connectivity index (χ1n) is 17.0. The van der Waals surface area contributed by atoms with Crippen LogP contribution in [-0.4, -0.2) is 0 Å². The zero-order chi connectivity index (χ0) is 29.0. The van der Waals surface area contributed by atoms with Crippen molar-refractivity contribution in [3.63, 3.8) is 0 Å². The molecule has 4 atom stereocenters. The van der Waals surface area contributed by atoms with Gasteiger partial charge in [0, 0.05) is 0 Å². The molecule has 4 unspecified atom stereocenters. The van der Waals surface area contributed by atoms with Gasteiger partial charge in [0.1, 0.15) is 0 Å². The second-order valence-electron chi connectivity index (χ2n) is 13.7. The summed E-state index contributed by atoms with van der Waals surface area (Å²) in [6.07, 6.45) is 16.2. The summed E-state index contributed by atoms with van der Waals surface area (Å²) in [5, 5.41) is 0. The average Bonchev–Trinajstić information content (AvgIpc) is 3.33. The van der Waals surface area contributed by atoms with E-state index in [-0.39, 0.29) is 24.8 Å². The summed E-state index contributed by atoms with van der Waals surface area (Å²) in [6, 6.07) is 37.0. The molecule has 0 N–H and O–H groups in total. The molecule has 8 rings (SSSR count). The van der Waals surface area contributed by atoms with Crippen LogP contribution in [0.4, 0.5) is 0 Å². The third kappa shape index (κ3) is 5.16. The summed E-state index contributed by atoms with van der Waals surface area (Å²) in [7, 11) is 0. The molecule has 1 heterocycles. The Morgan fingerprint density at radius 2 is 0.956 bits per heavy atom. The van der Waals surface area contributed by atoms with Crippen LogP contribution < -0.4 is 24.8 Å². The third-order valence-electron chi connectivity index (χ3n) is 11.5. The Labute approximate surface area is 286 Å². The Morgan fingerprint density at radius 3 is 1.36 bits per heavy atom. The third-order valence-corrected chi connectivity index (χ3v) is 22.3. The van der Waals surface area contributed by atoms with Crippen LogP contribution in [0.3, 0.4) is 0 Å². The SMILES string of the molecule is CCCC1=Cc2c(-c3ccccc3)cccc2[CH]1[Ti+2]1([CH]2C(CCC)=Cc3c(-c4ccccc4)cccc32)[CH]2CCCC[CH]21.[Cl-].[Cl-]. The van der Waals surface area contributed by atoms with E-state index in [2.05, 4.69) is 123 Å². The van der Waals surface area contributed by atoms with Crippen LogP contribution in [0.2, 0.25) is 8.45 Å². The zero-order valence-electron chi connectivity index (χ0n) is 26.6. The Bertz CT molecular complexity index is 1590. The first-order chi connectivity index (χ1) is 21.3. The van der Waals surface area contributed by atoms with Crippen molar-refractivity contribution in [1.82, 2.24) is 0 Å². The minimum atomic E-state index is -2.62. The normalized spacial score (nSPS) is 24.1. The zero-order valence-corrected chi connectivity index (χ0v) is 29.7. The van der Waals surface area contributed by atoms with Crippen LogP contribution in [0.1, 0.15) is 95.9 Å². The molecule has 4 aliphatic rings. The molecule has 1 saturated heterocycles. The number of allylic oxidation sites excluding steroid dienone is 2. The Morgan fingerprint density at radius 1 is 0.533 bits per heavy atom. The summed E-state index contributed by atoms with van der Waals surface area (Å²) in [5.74, 6) is 0. The fourth-order valence-electron chi connectivity index (χ4n) is 10.1. The number of fused-ring (bicyclic) bond motifs is 3. The maximum absolute atomic E-state index is 2.70. The monoisotopic (exact) mass is 666 g/mol. The molecule has 3 heteroatoms. The van der Waals surface area contributed by atoms with Gasteiger partial charge in [0.15, 0.2) is 0 Å². The number of hydrogen-bond acceptors (Lipinski definition) is 0. The van der Waals surface area contributed by atoms with Crippen LogP contribution >= 0.6 is 0 Å². The van der Waals surface area contributed by atoms with Crippen LogP contribution in [0.15, 0.2) is 108 Å². The van der Waals surface area contributed by atoms with Crippen molar-refractivity contribution in [2.75, 3.05) is 0 Å². The average molecular weight is 668 g/mol. The molecule has 0 amide bonds. The molecule has 0 bridgehead atoms. The Hall–Kier alpha value is -2.35.